The fourth-order valence-corrected chi connectivity index (χ4v) is 2.03. The number of amides is 1. The van der Waals surface area contributed by atoms with Crippen molar-refractivity contribution in [1.82, 2.24) is 5.32 Å². The molecule has 1 amide bonds. The van der Waals surface area contributed by atoms with E-state index in [0.717, 1.165) is 17.7 Å². The van der Waals surface area contributed by atoms with E-state index in [1.807, 2.05) is 25.1 Å². The summed E-state index contributed by atoms with van der Waals surface area (Å²) in [5.41, 5.74) is 1.54. The zero-order valence-corrected chi connectivity index (χ0v) is 12.3. The van der Waals surface area contributed by atoms with Gasteiger partial charge in [0.1, 0.15) is 11.9 Å². The van der Waals surface area contributed by atoms with Gasteiger partial charge < -0.3 is 10.1 Å². The number of nitrogens with one attached hydrogen (secondary N) is 1. The Balaban J connectivity index is 1.98. The minimum absolute atomic E-state index is 0.231. The Kier molecular flexibility index (Phi) is 5.26. The highest BCUT2D eigenvalue weighted by Crippen LogP contribution is 2.18. The Morgan fingerprint density at radius 2 is 2.04 bits per heavy atom. The first kappa shape index (κ1) is 16.4. The van der Waals surface area contributed by atoms with Crippen molar-refractivity contribution in [2.24, 2.45) is 0 Å². The van der Waals surface area contributed by atoms with Gasteiger partial charge in [-0.1, -0.05) is 24.3 Å². The summed E-state index contributed by atoms with van der Waals surface area (Å²) in [6, 6.07) is 11.1. The van der Waals surface area contributed by atoms with Crippen LogP contribution in [0.5, 0.6) is 5.75 Å². The predicted octanol–water partition coefficient (Wildman–Crippen LogP) is 3.03. The van der Waals surface area contributed by atoms with Crippen LogP contribution in [-0.2, 0) is 4.79 Å². The largest absolute Gasteiger partial charge is 0.481 e. The van der Waals surface area contributed by atoms with Crippen LogP contribution in [0, 0.1) is 29.9 Å². The number of ether oxygens (including phenoxy) is 1. The Hall–Kier alpha value is -2.94. The van der Waals surface area contributed by atoms with Gasteiger partial charge in [-0.05, 0) is 30.2 Å². The highest BCUT2D eigenvalue weighted by Gasteiger charge is 2.16. The Labute approximate surface area is 132 Å². The molecule has 118 valence electrons. The molecule has 0 spiro atoms. The molecule has 1 N–H and O–H groups in total. The molecule has 0 saturated carbocycles. The quantitative estimate of drug-likeness (QED) is 0.922. The highest BCUT2D eigenvalue weighted by molar-refractivity contribution is 5.78. The van der Waals surface area contributed by atoms with Gasteiger partial charge in [0, 0.05) is 6.07 Å². The lowest BCUT2D eigenvalue weighted by Gasteiger charge is -2.14. The SMILES string of the molecule is Cc1ccccc1[C@@H](C#N)NC(=O)COc1ccc(F)cc1F. The summed E-state index contributed by atoms with van der Waals surface area (Å²) >= 11 is 0. The fraction of sp³-hybridized carbons (Fsp3) is 0.176. The molecule has 2 aromatic carbocycles. The molecule has 6 heteroatoms. The van der Waals surface area contributed by atoms with Gasteiger partial charge in [-0.3, -0.25) is 4.79 Å². The van der Waals surface area contributed by atoms with Crippen LogP contribution in [0.25, 0.3) is 0 Å². The second kappa shape index (κ2) is 7.36. The number of nitriles is 1. The van der Waals surface area contributed by atoms with E-state index in [1.165, 1.54) is 0 Å². The molecule has 0 aromatic heterocycles. The maximum absolute atomic E-state index is 13.4. The maximum Gasteiger partial charge on any atom is 0.259 e. The third-order valence-corrected chi connectivity index (χ3v) is 3.19. The van der Waals surface area contributed by atoms with E-state index in [4.69, 9.17) is 4.74 Å². The molecule has 0 aliphatic heterocycles. The summed E-state index contributed by atoms with van der Waals surface area (Å²) in [4.78, 5) is 11.9. The van der Waals surface area contributed by atoms with Crippen LogP contribution in [-0.4, -0.2) is 12.5 Å². The summed E-state index contributed by atoms with van der Waals surface area (Å²) in [5.74, 6) is -2.44. The first-order chi connectivity index (χ1) is 11.0. The molecule has 0 bridgehead atoms. The van der Waals surface area contributed by atoms with Crippen molar-refractivity contribution in [2.75, 3.05) is 6.61 Å². The van der Waals surface area contributed by atoms with Crippen molar-refractivity contribution >= 4 is 5.91 Å². The molecule has 2 aromatic rings. The lowest BCUT2D eigenvalue weighted by molar-refractivity contribution is -0.123. The molecule has 4 nitrogen and oxygen atoms in total. The van der Waals surface area contributed by atoms with Crippen LogP contribution in [0.1, 0.15) is 17.2 Å². The van der Waals surface area contributed by atoms with Gasteiger partial charge in [0.05, 0.1) is 6.07 Å². The Morgan fingerprint density at radius 3 is 2.70 bits per heavy atom. The third-order valence-electron chi connectivity index (χ3n) is 3.19. The zero-order valence-electron chi connectivity index (χ0n) is 12.3. The van der Waals surface area contributed by atoms with Crippen molar-refractivity contribution in [3.63, 3.8) is 0 Å². The van der Waals surface area contributed by atoms with Crippen molar-refractivity contribution in [1.29, 1.82) is 5.26 Å². The molecule has 2 rings (SSSR count). The molecule has 0 saturated heterocycles. The summed E-state index contributed by atoms with van der Waals surface area (Å²) in [7, 11) is 0. The number of hydrogen-bond donors (Lipinski definition) is 1. The van der Waals surface area contributed by atoms with Gasteiger partial charge in [0.15, 0.2) is 18.2 Å². The summed E-state index contributed by atoms with van der Waals surface area (Å²) in [6.07, 6.45) is 0. The monoisotopic (exact) mass is 316 g/mol. The molecule has 0 radical (unpaired) electrons. The molecule has 23 heavy (non-hydrogen) atoms. The topological polar surface area (TPSA) is 62.1 Å². The maximum atomic E-state index is 13.4. The summed E-state index contributed by atoms with van der Waals surface area (Å²) in [5, 5.41) is 11.7. The Bertz CT molecular complexity index is 756. The number of nitrogens with zero attached hydrogens (tertiary/aromatic N) is 1. The van der Waals surface area contributed by atoms with E-state index in [0.29, 0.717) is 11.6 Å². The van der Waals surface area contributed by atoms with Crippen LogP contribution in [0.15, 0.2) is 42.5 Å². The van der Waals surface area contributed by atoms with Crippen LogP contribution in [0.4, 0.5) is 8.78 Å². The lowest BCUT2D eigenvalue weighted by atomic mass is 10.0. The highest BCUT2D eigenvalue weighted by atomic mass is 19.1. The van der Waals surface area contributed by atoms with Crippen LogP contribution < -0.4 is 10.1 Å². The molecular weight excluding hydrogens is 302 g/mol. The third kappa shape index (κ3) is 4.27. The number of rotatable bonds is 5. The van der Waals surface area contributed by atoms with E-state index in [2.05, 4.69) is 5.32 Å². The average Bonchev–Trinajstić information content (AvgIpc) is 2.52. The number of carbonyl (C=O) groups excluding carboxylic acids is 1. The van der Waals surface area contributed by atoms with Crippen molar-refractivity contribution in [3.8, 4) is 11.8 Å². The first-order valence-corrected chi connectivity index (χ1v) is 6.83. The normalized spacial score (nSPS) is 11.4. The van der Waals surface area contributed by atoms with Crippen molar-refractivity contribution < 1.29 is 18.3 Å². The van der Waals surface area contributed by atoms with E-state index in [-0.39, 0.29) is 5.75 Å². The second-order valence-corrected chi connectivity index (χ2v) is 4.85. The minimum Gasteiger partial charge on any atom is -0.481 e. The van der Waals surface area contributed by atoms with Gasteiger partial charge in [0.2, 0.25) is 0 Å². The number of carbonyl (C=O) groups is 1. The fourth-order valence-electron chi connectivity index (χ4n) is 2.03. The second-order valence-electron chi connectivity index (χ2n) is 4.85. The van der Waals surface area contributed by atoms with Crippen LogP contribution in [0.2, 0.25) is 0 Å². The number of halogens is 2. The lowest BCUT2D eigenvalue weighted by Crippen LogP contribution is -2.32. The van der Waals surface area contributed by atoms with E-state index in [9.17, 15) is 18.8 Å². The van der Waals surface area contributed by atoms with Gasteiger partial charge in [-0.25, -0.2) is 8.78 Å². The van der Waals surface area contributed by atoms with E-state index < -0.39 is 30.2 Å². The van der Waals surface area contributed by atoms with Crippen LogP contribution in [0.3, 0.4) is 0 Å². The van der Waals surface area contributed by atoms with Crippen molar-refractivity contribution in [2.45, 2.75) is 13.0 Å². The first-order valence-electron chi connectivity index (χ1n) is 6.83. The number of aryl methyl sites for hydroxylation is 1. The molecule has 0 heterocycles. The standard InChI is InChI=1S/C17H14F2N2O2/c1-11-4-2-3-5-13(11)15(9-20)21-17(22)10-23-16-7-6-12(18)8-14(16)19/h2-8,15H,10H2,1H3,(H,21,22)/t15-/m1/s1. The summed E-state index contributed by atoms with van der Waals surface area (Å²) in [6.45, 7) is 1.35. The summed E-state index contributed by atoms with van der Waals surface area (Å²) < 4.78 is 31.2. The molecule has 0 aliphatic carbocycles. The van der Waals surface area contributed by atoms with Gasteiger partial charge in [-0.15, -0.1) is 0 Å². The Morgan fingerprint density at radius 1 is 1.30 bits per heavy atom. The van der Waals surface area contributed by atoms with E-state index in [1.54, 1.807) is 12.1 Å². The average molecular weight is 316 g/mol. The molecular formula is C17H14F2N2O2. The van der Waals surface area contributed by atoms with Gasteiger partial charge in [-0.2, -0.15) is 5.26 Å². The molecule has 0 fully saturated rings. The minimum atomic E-state index is -0.895. The smallest absolute Gasteiger partial charge is 0.259 e. The zero-order chi connectivity index (χ0) is 16.8. The van der Waals surface area contributed by atoms with E-state index >= 15 is 0 Å². The van der Waals surface area contributed by atoms with Gasteiger partial charge in [0.25, 0.3) is 5.91 Å². The molecule has 0 unspecified atom stereocenters. The molecule has 1 atom stereocenters. The molecule has 0 aliphatic rings. The van der Waals surface area contributed by atoms with Gasteiger partial charge >= 0.3 is 0 Å². The van der Waals surface area contributed by atoms with Crippen molar-refractivity contribution in [3.05, 3.63) is 65.2 Å². The number of benzene rings is 2. The predicted molar refractivity (Wildman–Crippen MR) is 79.5 cm³/mol. The van der Waals surface area contributed by atoms with Crippen LogP contribution >= 0.6 is 0 Å². The number of hydrogen-bond acceptors (Lipinski definition) is 3.